The molecule has 0 aliphatic carbocycles. The van der Waals surface area contributed by atoms with Gasteiger partial charge in [0.05, 0.1) is 25.4 Å². The van der Waals surface area contributed by atoms with Gasteiger partial charge in [-0.05, 0) is 43.8 Å². The molecule has 2 aromatic carbocycles. The summed E-state index contributed by atoms with van der Waals surface area (Å²) in [5.41, 5.74) is 3.35. The SMILES string of the molecule is CCOC(=O)n1nc(NC(=O)c2ccc(N3CCN(C)CC3)cc2)c2c1CN(C(=O)[C@@H](OC)c1ccccc1)C2. The highest BCUT2D eigenvalue weighted by molar-refractivity contribution is 6.04. The minimum absolute atomic E-state index is 0.127. The normalized spacial score (nSPS) is 16.0. The van der Waals surface area contributed by atoms with Crippen LogP contribution >= 0.6 is 0 Å². The van der Waals surface area contributed by atoms with Crippen LogP contribution in [0.1, 0.15) is 40.2 Å². The van der Waals surface area contributed by atoms with Gasteiger partial charge in [0, 0.05) is 50.1 Å². The van der Waals surface area contributed by atoms with Gasteiger partial charge in [0.15, 0.2) is 11.9 Å². The van der Waals surface area contributed by atoms with Gasteiger partial charge < -0.3 is 29.5 Å². The summed E-state index contributed by atoms with van der Waals surface area (Å²) in [5, 5.41) is 7.21. The number of hydrogen-bond donors (Lipinski definition) is 1. The van der Waals surface area contributed by atoms with E-state index >= 15 is 0 Å². The standard InChI is InChI=1S/C29H34N6O5/c1-4-40-29(38)35-24-19-34(28(37)25(39-3)20-8-6-5-7-9-20)18-23(24)26(31-35)30-27(36)21-10-12-22(13-11-21)33-16-14-32(2)15-17-33/h5-13,25H,4,14-19H2,1-3H3,(H,30,31,36)/t25-/m0/s1. The molecule has 2 aliphatic heterocycles. The number of methoxy groups -OCH3 is 1. The third kappa shape index (κ3) is 5.56. The number of nitrogens with one attached hydrogen (secondary N) is 1. The van der Waals surface area contributed by atoms with Crippen LogP contribution in [-0.2, 0) is 27.4 Å². The lowest BCUT2D eigenvalue weighted by Crippen LogP contribution is -2.44. The minimum Gasteiger partial charge on any atom is -0.448 e. The highest BCUT2D eigenvalue weighted by Gasteiger charge is 2.36. The summed E-state index contributed by atoms with van der Waals surface area (Å²) in [6, 6.07) is 16.7. The van der Waals surface area contributed by atoms with Crippen molar-refractivity contribution in [1.29, 1.82) is 0 Å². The molecule has 1 atom stereocenters. The molecule has 11 heteroatoms. The Balaban J connectivity index is 1.35. The first-order valence-corrected chi connectivity index (χ1v) is 13.4. The molecule has 2 amide bonds. The summed E-state index contributed by atoms with van der Waals surface area (Å²) in [4.78, 5) is 45.5. The van der Waals surface area contributed by atoms with Crippen molar-refractivity contribution in [2.45, 2.75) is 26.1 Å². The van der Waals surface area contributed by atoms with Crippen molar-refractivity contribution in [2.75, 3.05) is 57.2 Å². The molecule has 3 aromatic rings. The third-order valence-electron chi connectivity index (χ3n) is 7.32. The highest BCUT2D eigenvalue weighted by Crippen LogP contribution is 2.32. The smallest absolute Gasteiger partial charge is 0.435 e. The second-order valence-electron chi connectivity index (χ2n) is 9.90. The molecular formula is C29H34N6O5. The number of benzene rings is 2. The second-order valence-corrected chi connectivity index (χ2v) is 9.90. The van der Waals surface area contributed by atoms with E-state index in [0.717, 1.165) is 42.1 Å². The van der Waals surface area contributed by atoms with Crippen LogP contribution in [0.3, 0.4) is 0 Å². The van der Waals surface area contributed by atoms with Gasteiger partial charge >= 0.3 is 6.09 Å². The lowest BCUT2D eigenvalue weighted by atomic mass is 10.1. The zero-order valence-corrected chi connectivity index (χ0v) is 23.0. The molecule has 0 spiro atoms. The van der Waals surface area contributed by atoms with Crippen LogP contribution in [0, 0.1) is 0 Å². The third-order valence-corrected chi connectivity index (χ3v) is 7.32. The molecule has 1 N–H and O–H groups in total. The molecule has 5 rings (SSSR count). The largest absolute Gasteiger partial charge is 0.448 e. The lowest BCUT2D eigenvalue weighted by molar-refractivity contribution is -0.143. The fourth-order valence-corrected chi connectivity index (χ4v) is 5.07. The van der Waals surface area contributed by atoms with Crippen molar-refractivity contribution in [3.63, 3.8) is 0 Å². The van der Waals surface area contributed by atoms with Crippen LogP contribution in [0.5, 0.6) is 0 Å². The Morgan fingerprint density at radius 2 is 1.68 bits per heavy atom. The minimum atomic E-state index is -0.800. The Bertz CT molecular complexity index is 1370. The first kappa shape index (κ1) is 27.4. The zero-order valence-electron chi connectivity index (χ0n) is 23.0. The fourth-order valence-electron chi connectivity index (χ4n) is 5.07. The van der Waals surface area contributed by atoms with Gasteiger partial charge in [-0.15, -0.1) is 5.10 Å². The number of ether oxygens (including phenoxy) is 2. The quantitative estimate of drug-likeness (QED) is 0.482. The van der Waals surface area contributed by atoms with E-state index in [1.165, 1.54) is 7.11 Å². The average molecular weight is 547 g/mol. The summed E-state index contributed by atoms with van der Waals surface area (Å²) in [6.07, 6.45) is -1.47. The lowest BCUT2D eigenvalue weighted by Gasteiger charge is -2.34. The number of anilines is 2. The first-order valence-electron chi connectivity index (χ1n) is 13.4. The fraction of sp³-hybridized carbons (Fsp3) is 0.379. The van der Waals surface area contributed by atoms with Gasteiger partial charge in [0.25, 0.3) is 11.8 Å². The second kappa shape index (κ2) is 11.9. The summed E-state index contributed by atoms with van der Waals surface area (Å²) >= 11 is 0. The number of fused-ring (bicyclic) bond motifs is 1. The van der Waals surface area contributed by atoms with Gasteiger partial charge in [-0.2, -0.15) is 4.68 Å². The van der Waals surface area contributed by atoms with E-state index in [9.17, 15) is 14.4 Å². The van der Waals surface area contributed by atoms with Crippen LogP contribution in [0.2, 0.25) is 0 Å². The average Bonchev–Trinajstić information content (AvgIpc) is 3.55. The number of carbonyl (C=O) groups is 3. The maximum absolute atomic E-state index is 13.4. The highest BCUT2D eigenvalue weighted by atomic mass is 16.6. The maximum Gasteiger partial charge on any atom is 0.435 e. The predicted molar refractivity (Wildman–Crippen MR) is 149 cm³/mol. The number of hydrogen-bond acceptors (Lipinski definition) is 8. The molecule has 0 unspecified atom stereocenters. The summed E-state index contributed by atoms with van der Waals surface area (Å²) in [6.45, 7) is 6.01. The summed E-state index contributed by atoms with van der Waals surface area (Å²) in [7, 11) is 3.60. The molecule has 3 heterocycles. The Labute approximate surface area is 233 Å². The molecular weight excluding hydrogens is 512 g/mol. The Morgan fingerprint density at radius 1 is 0.975 bits per heavy atom. The number of rotatable bonds is 7. The summed E-state index contributed by atoms with van der Waals surface area (Å²) in [5.74, 6) is -0.387. The van der Waals surface area contributed by atoms with Crippen molar-refractivity contribution < 1.29 is 23.9 Å². The van der Waals surface area contributed by atoms with Gasteiger partial charge in [-0.3, -0.25) is 9.59 Å². The molecule has 0 bridgehead atoms. The molecule has 0 radical (unpaired) electrons. The van der Waals surface area contributed by atoms with Crippen molar-refractivity contribution in [3.8, 4) is 0 Å². The first-order chi connectivity index (χ1) is 19.4. The summed E-state index contributed by atoms with van der Waals surface area (Å²) < 4.78 is 11.8. The molecule has 1 saturated heterocycles. The van der Waals surface area contributed by atoms with Crippen LogP contribution < -0.4 is 10.2 Å². The maximum atomic E-state index is 13.4. The van der Waals surface area contributed by atoms with E-state index in [-0.39, 0.29) is 37.3 Å². The predicted octanol–water partition coefficient (Wildman–Crippen LogP) is 3.12. The van der Waals surface area contributed by atoms with Gasteiger partial charge in [0.2, 0.25) is 0 Å². The molecule has 1 aromatic heterocycles. The van der Waals surface area contributed by atoms with Crippen LogP contribution in [0.4, 0.5) is 16.3 Å². The topological polar surface area (TPSA) is 109 Å². The van der Waals surface area contributed by atoms with E-state index in [1.807, 2.05) is 42.5 Å². The van der Waals surface area contributed by atoms with Crippen molar-refractivity contribution in [3.05, 3.63) is 77.0 Å². The zero-order chi connectivity index (χ0) is 28.2. The van der Waals surface area contributed by atoms with E-state index < -0.39 is 12.2 Å². The van der Waals surface area contributed by atoms with E-state index in [4.69, 9.17) is 9.47 Å². The van der Waals surface area contributed by atoms with E-state index in [1.54, 1.807) is 24.0 Å². The van der Waals surface area contributed by atoms with Crippen molar-refractivity contribution in [2.24, 2.45) is 0 Å². The number of piperazine rings is 1. The van der Waals surface area contributed by atoms with Gasteiger partial charge in [-0.1, -0.05) is 30.3 Å². The molecule has 40 heavy (non-hydrogen) atoms. The van der Waals surface area contributed by atoms with E-state index in [0.29, 0.717) is 16.8 Å². The number of nitrogens with zero attached hydrogens (tertiary/aromatic N) is 5. The number of amides is 2. The number of aromatic nitrogens is 2. The van der Waals surface area contributed by atoms with Crippen molar-refractivity contribution in [1.82, 2.24) is 19.6 Å². The molecule has 11 nitrogen and oxygen atoms in total. The molecule has 2 aliphatic rings. The van der Waals surface area contributed by atoms with Crippen LogP contribution in [0.15, 0.2) is 54.6 Å². The Morgan fingerprint density at radius 3 is 2.33 bits per heavy atom. The number of likely N-dealkylation sites (N-methyl/N-ethyl adjacent to an activating group) is 1. The Kier molecular flexibility index (Phi) is 8.13. The molecule has 1 fully saturated rings. The van der Waals surface area contributed by atoms with Crippen LogP contribution in [0.25, 0.3) is 0 Å². The number of carbonyl (C=O) groups excluding carboxylic acids is 3. The van der Waals surface area contributed by atoms with Gasteiger partial charge in [-0.25, -0.2) is 4.79 Å². The monoisotopic (exact) mass is 546 g/mol. The van der Waals surface area contributed by atoms with Gasteiger partial charge in [0.1, 0.15) is 0 Å². The van der Waals surface area contributed by atoms with Crippen molar-refractivity contribution >= 4 is 29.4 Å². The van der Waals surface area contributed by atoms with Crippen LogP contribution in [-0.4, -0.2) is 84.4 Å². The molecule has 210 valence electrons. The Hall–Kier alpha value is -4.22. The molecule has 0 saturated carbocycles. The van der Waals surface area contributed by atoms with E-state index in [2.05, 4.69) is 27.3 Å².